The van der Waals surface area contributed by atoms with E-state index in [1.54, 1.807) is 103 Å². The number of ether oxygens (including phenoxy) is 8. The fourth-order valence-corrected chi connectivity index (χ4v) is 6.31. The number of nitrogens with one attached hydrogen (secondary N) is 1. The van der Waals surface area contributed by atoms with E-state index in [2.05, 4.69) is 5.32 Å². The van der Waals surface area contributed by atoms with E-state index < -0.39 is 85.4 Å². The summed E-state index contributed by atoms with van der Waals surface area (Å²) in [7, 11) is 1.10. The molecule has 1 aliphatic rings. The maximum atomic E-state index is 13.9. The summed E-state index contributed by atoms with van der Waals surface area (Å²) in [5, 5.41) is 2.45. The average Bonchev–Trinajstić information content (AvgIpc) is 3.32. The molecule has 5 aromatic carbocycles. The fourth-order valence-electron chi connectivity index (χ4n) is 6.31. The third kappa shape index (κ3) is 11.9. The summed E-state index contributed by atoms with van der Waals surface area (Å²) in [6.45, 7) is 0.660. The zero-order valence-electron chi connectivity index (χ0n) is 33.6. The number of hydrogen-bond acceptors (Lipinski definition) is 14. The first-order valence-corrected chi connectivity index (χ1v) is 19.5. The Morgan fingerprint density at radius 2 is 0.968 bits per heavy atom. The molecule has 15 nitrogen and oxygen atoms in total. The fraction of sp³-hybridized carbons (Fsp3) is 0.234. The summed E-state index contributed by atoms with van der Waals surface area (Å²) in [4.78, 5) is 81.2. The summed E-state index contributed by atoms with van der Waals surface area (Å²) in [5.41, 5.74) is 1.14. The molecular formula is C47H43NO14. The molecule has 0 aliphatic carbocycles. The van der Waals surface area contributed by atoms with Crippen LogP contribution in [-0.4, -0.2) is 92.5 Å². The Hall–Kier alpha value is -7.36. The molecule has 1 heterocycles. The Labute approximate surface area is 356 Å². The van der Waals surface area contributed by atoms with E-state index in [1.807, 2.05) is 0 Å². The molecule has 0 aromatic heterocycles. The number of methoxy groups -OCH3 is 1. The van der Waals surface area contributed by atoms with Crippen LogP contribution in [0, 0.1) is 0 Å². The largest absolute Gasteiger partial charge is 0.467 e. The van der Waals surface area contributed by atoms with Crippen LogP contribution in [0.4, 0.5) is 4.79 Å². The number of amides is 1. The van der Waals surface area contributed by atoms with Gasteiger partial charge in [-0.3, -0.25) is 0 Å². The quantitative estimate of drug-likeness (QED) is 0.0884. The van der Waals surface area contributed by atoms with Crippen molar-refractivity contribution in [2.75, 3.05) is 13.7 Å². The van der Waals surface area contributed by atoms with Crippen molar-refractivity contribution in [1.82, 2.24) is 5.32 Å². The smallest absolute Gasteiger partial charge is 0.408 e. The highest BCUT2D eigenvalue weighted by atomic mass is 16.7. The highest BCUT2D eigenvalue weighted by Crippen LogP contribution is 2.33. The van der Waals surface area contributed by atoms with Crippen LogP contribution in [0.1, 0.15) is 53.9 Å². The first-order valence-electron chi connectivity index (χ1n) is 19.5. The Morgan fingerprint density at radius 1 is 0.548 bits per heavy atom. The van der Waals surface area contributed by atoms with Crippen molar-refractivity contribution < 1.29 is 66.7 Å². The lowest BCUT2D eigenvalue weighted by Crippen LogP contribution is -2.64. The highest BCUT2D eigenvalue weighted by Gasteiger charge is 2.54. The van der Waals surface area contributed by atoms with Crippen molar-refractivity contribution >= 4 is 35.9 Å². The number of hydrogen-bond donors (Lipinski definition) is 1. The minimum absolute atomic E-state index is 0.0828. The second-order valence-corrected chi connectivity index (χ2v) is 13.8. The predicted octanol–water partition coefficient (Wildman–Crippen LogP) is 6.12. The SMILES string of the molecule is COC(=O)[C@@H](NC(=O)OCc1ccccc1)C(C)O[C@@H]1OC(COC(=O)c2ccccc2)[C@@H](OC(=O)c2ccccc2)[C@H](OC(=O)c2ccccc2)C1OC(=O)c1ccccc1. The first-order chi connectivity index (χ1) is 30.1. The highest BCUT2D eigenvalue weighted by molar-refractivity contribution is 5.91. The van der Waals surface area contributed by atoms with Gasteiger partial charge in [0.25, 0.3) is 0 Å². The topological polar surface area (TPSA) is 188 Å². The summed E-state index contributed by atoms with van der Waals surface area (Å²) in [6.07, 6.45) is -10.7. The molecule has 0 radical (unpaired) electrons. The molecule has 62 heavy (non-hydrogen) atoms. The molecule has 1 fully saturated rings. The molecule has 0 bridgehead atoms. The second-order valence-electron chi connectivity index (χ2n) is 13.8. The van der Waals surface area contributed by atoms with E-state index in [0.717, 1.165) is 7.11 Å². The van der Waals surface area contributed by atoms with Crippen molar-refractivity contribution in [2.24, 2.45) is 0 Å². The van der Waals surface area contributed by atoms with E-state index >= 15 is 0 Å². The van der Waals surface area contributed by atoms with E-state index in [0.29, 0.717) is 5.56 Å². The third-order valence-corrected chi connectivity index (χ3v) is 9.50. The molecule has 3 unspecified atom stereocenters. The zero-order valence-corrected chi connectivity index (χ0v) is 33.6. The van der Waals surface area contributed by atoms with Crippen LogP contribution < -0.4 is 5.32 Å². The minimum Gasteiger partial charge on any atom is -0.467 e. The van der Waals surface area contributed by atoms with Gasteiger partial charge in [0.1, 0.15) is 19.3 Å². The summed E-state index contributed by atoms with van der Waals surface area (Å²) in [6, 6.07) is 38.9. The molecule has 6 rings (SSSR count). The molecule has 320 valence electrons. The second kappa shape index (κ2) is 21.8. The molecule has 0 saturated carbocycles. The van der Waals surface area contributed by atoms with Crippen LogP contribution in [0.5, 0.6) is 0 Å². The molecular weight excluding hydrogens is 803 g/mol. The van der Waals surface area contributed by atoms with Gasteiger partial charge in [0.15, 0.2) is 30.6 Å². The van der Waals surface area contributed by atoms with Gasteiger partial charge in [-0.15, -0.1) is 0 Å². The van der Waals surface area contributed by atoms with Gasteiger partial charge in [-0.05, 0) is 61.0 Å². The summed E-state index contributed by atoms with van der Waals surface area (Å²) in [5.74, 6) is -4.44. The Morgan fingerprint density at radius 3 is 1.44 bits per heavy atom. The molecule has 1 amide bonds. The summed E-state index contributed by atoms with van der Waals surface area (Å²) >= 11 is 0. The molecule has 1 aliphatic heterocycles. The molecule has 0 spiro atoms. The lowest BCUT2D eigenvalue weighted by molar-refractivity contribution is -0.308. The van der Waals surface area contributed by atoms with Crippen LogP contribution in [-0.2, 0) is 49.3 Å². The Balaban J connectivity index is 1.38. The van der Waals surface area contributed by atoms with Gasteiger partial charge in [0, 0.05) is 0 Å². The van der Waals surface area contributed by atoms with Crippen molar-refractivity contribution in [3.05, 3.63) is 179 Å². The van der Waals surface area contributed by atoms with Crippen LogP contribution in [0.25, 0.3) is 0 Å². The van der Waals surface area contributed by atoms with Gasteiger partial charge in [0.05, 0.1) is 35.5 Å². The number of esters is 5. The van der Waals surface area contributed by atoms with E-state index in [-0.39, 0.29) is 28.9 Å². The number of carbonyl (C=O) groups is 6. The summed E-state index contributed by atoms with van der Waals surface area (Å²) < 4.78 is 46.9. The molecule has 1 saturated heterocycles. The monoisotopic (exact) mass is 845 g/mol. The molecule has 15 heteroatoms. The van der Waals surface area contributed by atoms with E-state index in [9.17, 15) is 28.8 Å². The standard InChI is InChI=1S/C47H43NO14/c1-30(37(45(53)55-2)48-47(54)57-28-31-18-8-3-9-19-31)58-46-40(62-44(52)35-26-16-7-17-27-35)39(61-43(51)34-24-14-6-15-25-34)38(60-42(50)33-22-12-5-13-23-33)36(59-46)29-56-41(49)32-20-10-4-11-21-32/h3-27,30,36-40,46H,28-29H2,1-2H3,(H,48,54)/t30?,36?,37-,38+,39-,40?,46+/m0/s1. The first kappa shape index (κ1) is 44.2. The number of carbonyl (C=O) groups excluding carboxylic acids is 6. The average molecular weight is 846 g/mol. The zero-order chi connectivity index (χ0) is 43.8. The van der Waals surface area contributed by atoms with Gasteiger partial charge in [-0.25, -0.2) is 28.8 Å². The number of rotatable bonds is 16. The van der Waals surface area contributed by atoms with Crippen molar-refractivity contribution in [3.8, 4) is 0 Å². The maximum Gasteiger partial charge on any atom is 0.408 e. The molecule has 1 N–H and O–H groups in total. The van der Waals surface area contributed by atoms with Crippen LogP contribution >= 0.6 is 0 Å². The number of alkyl carbamates (subject to hydrolysis) is 1. The van der Waals surface area contributed by atoms with E-state index in [1.165, 1.54) is 55.5 Å². The maximum absolute atomic E-state index is 13.9. The van der Waals surface area contributed by atoms with Crippen LogP contribution in [0.2, 0.25) is 0 Å². The van der Waals surface area contributed by atoms with Crippen molar-refractivity contribution in [1.29, 1.82) is 0 Å². The third-order valence-electron chi connectivity index (χ3n) is 9.50. The van der Waals surface area contributed by atoms with Gasteiger partial charge >= 0.3 is 35.9 Å². The molecule has 5 aromatic rings. The van der Waals surface area contributed by atoms with Gasteiger partial charge in [-0.1, -0.05) is 103 Å². The van der Waals surface area contributed by atoms with Crippen molar-refractivity contribution in [3.63, 3.8) is 0 Å². The van der Waals surface area contributed by atoms with Crippen LogP contribution in [0.3, 0.4) is 0 Å². The van der Waals surface area contributed by atoms with Crippen LogP contribution in [0.15, 0.2) is 152 Å². The van der Waals surface area contributed by atoms with Crippen molar-refractivity contribution in [2.45, 2.75) is 56.4 Å². The van der Waals surface area contributed by atoms with E-state index in [4.69, 9.17) is 37.9 Å². The number of benzene rings is 5. The normalized spacial score (nSPS) is 19.0. The molecule has 7 atom stereocenters. The van der Waals surface area contributed by atoms with Gasteiger partial charge in [-0.2, -0.15) is 0 Å². The lowest BCUT2D eigenvalue weighted by atomic mass is 9.97. The minimum atomic E-state index is -1.77. The predicted molar refractivity (Wildman–Crippen MR) is 218 cm³/mol. The van der Waals surface area contributed by atoms with Gasteiger partial charge < -0.3 is 43.2 Å². The Kier molecular flexibility index (Phi) is 15.5. The lowest BCUT2D eigenvalue weighted by Gasteiger charge is -2.45. The van der Waals surface area contributed by atoms with Gasteiger partial charge in [0.2, 0.25) is 0 Å². The Bertz CT molecular complexity index is 2260.